The summed E-state index contributed by atoms with van der Waals surface area (Å²) in [6.07, 6.45) is 10.6. The minimum Gasteiger partial charge on any atom is -0.694 e. The second-order valence-electron chi connectivity index (χ2n) is 0.539. The molecule has 0 fully saturated rings. The first-order valence-electron chi connectivity index (χ1n) is 1.54. The van der Waals surface area contributed by atoms with Gasteiger partial charge in [0.25, 0.3) is 0 Å². The largest absolute Gasteiger partial charge is 1.00 e. The number of terminal acetylenes is 1. The smallest absolute Gasteiger partial charge is 0.694 e. The van der Waals surface area contributed by atoms with Gasteiger partial charge in [-0.05, 0) is 13.8 Å². The quantitative estimate of drug-likeness (QED) is 0.164. The second-order valence-corrected chi connectivity index (χ2v) is 0.539. The summed E-state index contributed by atoms with van der Waals surface area (Å²) in [4.78, 5) is 0. The summed E-state index contributed by atoms with van der Waals surface area (Å²) in [7, 11) is 0. The number of hydrogen-bond acceptors (Lipinski definition) is 0. The monoisotopic (exact) mass is 646 g/mol. The van der Waals surface area contributed by atoms with Gasteiger partial charge in [0.2, 0.25) is 0 Å². The van der Waals surface area contributed by atoms with Crippen molar-refractivity contribution in [2.75, 3.05) is 0 Å². The van der Waals surface area contributed by atoms with Crippen molar-refractivity contribution in [1.82, 2.24) is 0 Å². The average Bonchev–Trinajstić information content (AvgIpc) is 1.39. The Morgan fingerprint density at radius 3 is 1.17 bits per heavy atom. The maximum atomic E-state index is 5.96. The van der Waals surface area contributed by atoms with Gasteiger partial charge < -0.3 is 12.3 Å². The third kappa shape index (κ3) is 256. The number of hydrogen-bond donors (Lipinski definition) is 0. The van der Waals surface area contributed by atoms with Gasteiger partial charge in [-0.1, -0.05) is 7.43 Å². The van der Waals surface area contributed by atoms with Crippen LogP contribution in [0.4, 0.5) is 0 Å². The Labute approximate surface area is 141 Å². The molecule has 2 atom stereocenters. The predicted molar refractivity (Wildman–Crippen MR) is 56.3 cm³/mol. The van der Waals surface area contributed by atoms with Crippen LogP contribution in [0.2, 0.25) is 0 Å². The summed E-state index contributed by atoms with van der Waals surface area (Å²) < 4.78 is 0. The van der Waals surface area contributed by atoms with Crippen LogP contribution in [-0.2, 0) is 77.5 Å². The fraction of sp³-hybridized carbons (Fsp3) is 0.429. The van der Waals surface area contributed by atoms with E-state index >= 15 is 0 Å². The van der Waals surface area contributed by atoms with E-state index < -0.39 is 0 Å². The molecule has 0 aromatic carbocycles. The van der Waals surface area contributed by atoms with E-state index in [1.807, 2.05) is 5.92 Å². The summed E-state index contributed by atoms with van der Waals surface area (Å²) in [6.45, 7) is 3.19. The molecule has 0 aliphatic heterocycles. The van der Waals surface area contributed by atoms with Crippen molar-refractivity contribution >= 4 is 19.8 Å². The molecule has 5 heteroatoms. The predicted octanol–water partition coefficient (Wildman–Crippen LogP) is 1.98. The molecule has 0 rings (SSSR count). The Morgan fingerprint density at radius 2 is 1.17 bits per heavy atom. The van der Waals surface area contributed by atoms with Crippen molar-refractivity contribution in [2.45, 2.75) is 21.3 Å². The molecular formula is C7H17Au2P2Y. The second kappa shape index (κ2) is 103. The molecule has 0 nitrogen and oxygen atoms in total. The molecular weight excluding hydrogens is 629 g/mol. The average molecular weight is 646 g/mol. The van der Waals surface area contributed by atoms with Crippen LogP contribution in [0.15, 0.2) is 0 Å². The molecule has 0 aromatic rings. The van der Waals surface area contributed by atoms with E-state index in [1.165, 1.54) is 0 Å². The van der Waals surface area contributed by atoms with Crippen molar-refractivity contribution in [2.24, 2.45) is 0 Å². The molecule has 0 saturated heterocycles. The van der Waals surface area contributed by atoms with E-state index in [2.05, 4.69) is 12.3 Å². The zero-order valence-corrected chi connectivity index (χ0v) is 16.7. The van der Waals surface area contributed by atoms with Crippen LogP contribution >= 0.6 is 19.8 Å². The van der Waals surface area contributed by atoms with Gasteiger partial charge in [-0.3, -0.25) is 0 Å². The van der Waals surface area contributed by atoms with Gasteiger partial charge in [0.1, 0.15) is 0 Å². The van der Waals surface area contributed by atoms with E-state index in [9.17, 15) is 0 Å². The molecule has 0 aromatic heterocycles. The Balaban J connectivity index is -0.00000000296. The Bertz CT molecular complexity index is 74.4. The molecule has 0 heterocycles. The molecule has 0 bridgehead atoms. The van der Waals surface area contributed by atoms with Crippen molar-refractivity contribution in [1.29, 1.82) is 0 Å². The summed E-state index contributed by atoms with van der Waals surface area (Å²) in [5, 5.41) is 0. The van der Waals surface area contributed by atoms with Gasteiger partial charge in [-0.2, -0.15) is 19.8 Å². The molecule has 0 saturated carbocycles. The SMILES string of the molecule is C.C#CC.P.P.[Au+].[Au].[C-]#CC.[Y]. The summed E-state index contributed by atoms with van der Waals surface area (Å²) in [6, 6.07) is 0. The van der Waals surface area contributed by atoms with Gasteiger partial charge in [-0.25, -0.2) is 0 Å². The van der Waals surface area contributed by atoms with Crippen LogP contribution in [0.1, 0.15) is 21.3 Å². The van der Waals surface area contributed by atoms with Gasteiger partial charge in [-0.15, -0.1) is 12.3 Å². The van der Waals surface area contributed by atoms with Crippen LogP contribution in [0.5, 0.6) is 0 Å². The fourth-order valence-electron chi connectivity index (χ4n) is 0. The van der Waals surface area contributed by atoms with Crippen LogP contribution < -0.4 is 0 Å². The minimum atomic E-state index is 0. The normalized spacial score (nSPS) is 1.33. The van der Waals surface area contributed by atoms with Crippen molar-refractivity contribution < 1.29 is 77.5 Å². The Kier molecular flexibility index (Phi) is 533. The van der Waals surface area contributed by atoms with Gasteiger partial charge in [0.15, 0.2) is 0 Å². The third-order valence-corrected chi connectivity index (χ3v) is 0. The Hall–Kier alpha value is 2.56. The molecule has 80 valence electrons. The topological polar surface area (TPSA) is 0 Å². The van der Waals surface area contributed by atoms with E-state index in [0.29, 0.717) is 0 Å². The molecule has 12 heavy (non-hydrogen) atoms. The first-order chi connectivity index (χ1) is 2.83. The Morgan fingerprint density at radius 1 is 1.17 bits per heavy atom. The van der Waals surface area contributed by atoms with Crippen molar-refractivity contribution in [3.8, 4) is 18.3 Å². The summed E-state index contributed by atoms with van der Waals surface area (Å²) in [5.74, 6) is 4.25. The maximum absolute atomic E-state index is 5.96. The number of rotatable bonds is 0. The molecule has 0 amide bonds. The van der Waals surface area contributed by atoms with Crippen LogP contribution in [0.25, 0.3) is 0 Å². The molecule has 2 unspecified atom stereocenters. The summed E-state index contributed by atoms with van der Waals surface area (Å²) in [5.41, 5.74) is 0. The first-order valence-corrected chi connectivity index (χ1v) is 1.54. The molecule has 0 N–H and O–H groups in total. The van der Waals surface area contributed by atoms with E-state index in [0.717, 1.165) is 0 Å². The van der Waals surface area contributed by atoms with Crippen molar-refractivity contribution in [3.63, 3.8) is 0 Å². The fourth-order valence-corrected chi connectivity index (χ4v) is 0. The molecule has 0 aliphatic rings. The van der Waals surface area contributed by atoms with Crippen LogP contribution in [0, 0.1) is 24.7 Å². The zero-order valence-electron chi connectivity index (χ0n) is 6.67. The van der Waals surface area contributed by atoms with E-state index in [4.69, 9.17) is 6.42 Å². The van der Waals surface area contributed by atoms with Crippen LogP contribution in [-0.4, -0.2) is 0 Å². The molecule has 2 radical (unpaired) electrons. The van der Waals surface area contributed by atoms with E-state index in [1.54, 1.807) is 13.8 Å². The molecule has 0 aliphatic carbocycles. The zero-order chi connectivity index (χ0) is 5.41. The van der Waals surface area contributed by atoms with Crippen molar-refractivity contribution in [3.05, 3.63) is 6.42 Å². The van der Waals surface area contributed by atoms with Gasteiger partial charge in [0, 0.05) is 55.1 Å². The maximum Gasteiger partial charge on any atom is 1.00 e. The van der Waals surface area contributed by atoms with Gasteiger partial charge >= 0.3 is 22.4 Å². The minimum absolute atomic E-state index is 0. The standard InChI is InChI=1S/C3H4.C3H3.CH4.2Au.2H3P.Y/c2*1-3-2;;;;;;/h1H,2H3;1H3;1H4;;;2*1H3;/q;-1;;;+1;;;. The summed E-state index contributed by atoms with van der Waals surface area (Å²) >= 11 is 0. The third-order valence-electron chi connectivity index (χ3n) is 0. The molecule has 0 spiro atoms. The van der Waals surface area contributed by atoms with E-state index in [-0.39, 0.29) is 105 Å². The van der Waals surface area contributed by atoms with Gasteiger partial charge in [0.05, 0.1) is 0 Å². The first kappa shape index (κ1) is 62.2. The van der Waals surface area contributed by atoms with Crippen LogP contribution in [0.3, 0.4) is 0 Å².